The van der Waals surface area contributed by atoms with Gasteiger partial charge in [0.25, 0.3) is 0 Å². The van der Waals surface area contributed by atoms with Crippen LogP contribution in [0.4, 0.5) is 0 Å². The highest BCUT2D eigenvalue weighted by molar-refractivity contribution is 7.09. The van der Waals surface area contributed by atoms with Crippen molar-refractivity contribution < 1.29 is 0 Å². The second-order valence-corrected chi connectivity index (χ2v) is 6.43. The van der Waals surface area contributed by atoms with E-state index in [4.69, 9.17) is 0 Å². The van der Waals surface area contributed by atoms with Crippen molar-refractivity contribution in [2.45, 2.75) is 25.8 Å². The first-order valence-corrected chi connectivity index (χ1v) is 8.49. The average molecular weight is 295 g/mol. The zero-order valence-electron chi connectivity index (χ0n) is 12.4. The lowest BCUT2D eigenvalue weighted by atomic mass is 9.99. The molecule has 0 fully saturated rings. The van der Waals surface area contributed by atoms with E-state index < -0.39 is 0 Å². The first-order valence-electron chi connectivity index (χ1n) is 7.61. The van der Waals surface area contributed by atoms with Crippen molar-refractivity contribution in [3.8, 4) is 0 Å². The van der Waals surface area contributed by atoms with E-state index in [9.17, 15) is 0 Å². The molecule has 0 amide bonds. The molecule has 0 bridgehead atoms. The van der Waals surface area contributed by atoms with E-state index in [-0.39, 0.29) is 0 Å². The van der Waals surface area contributed by atoms with Crippen LogP contribution >= 0.6 is 11.3 Å². The molecule has 3 aromatic rings. The van der Waals surface area contributed by atoms with Crippen LogP contribution in [-0.2, 0) is 6.42 Å². The van der Waals surface area contributed by atoms with E-state index in [0.29, 0.717) is 6.04 Å². The highest BCUT2D eigenvalue weighted by atomic mass is 32.1. The Morgan fingerprint density at radius 3 is 2.62 bits per heavy atom. The SMILES string of the molecule is CCCNC(Cc1cccs1)c1ccc2ccccc2c1. The van der Waals surface area contributed by atoms with Gasteiger partial charge < -0.3 is 5.32 Å². The van der Waals surface area contributed by atoms with Crippen LogP contribution in [0.25, 0.3) is 10.8 Å². The van der Waals surface area contributed by atoms with Crippen LogP contribution in [0.3, 0.4) is 0 Å². The summed E-state index contributed by atoms with van der Waals surface area (Å²) in [5, 5.41) is 8.49. The average Bonchev–Trinajstić information content (AvgIpc) is 3.04. The Bertz CT molecular complexity index is 688. The lowest BCUT2D eigenvalue weighted by molar-refractivity contribution is 0.533. The van der Waals surface area contributed by atoms with Gasteiger partial charge in [0.1, 0.15) is 0 Å². The van der Waals surface area contributed by atoms with Crippen LogP contribution in [0.15, 0.2) is 60.0 Å². The molecule has 108 valence electrons. The fraction of sp³-hybridized carbons (Fsp3) is 0.263. The molecule has 0 radical (unpaired) electrons. The minimum Gasteiger partial charge on any atom is -0.310 e. The van der Waals surface area contributed by atoms with Gasteiger partial charge >= 0.3 is 0 Å². The zero-order valence-corrected chi connectivity index (χ0v) is 13.2. The van der Waals surface area contributed by atoms with Gasteiger partial charge in [-0.3, -0.25) is 0 Å². The second kappa shape index (κ2) is 6.88. The third kappa shape index (κ3) is 3.52. The van der Waals surface area contributed by atoms with E-state index >= 15 is 0 Å². The minimum atomic E-state index is 0.396. The Balaban J connectivity index is 1.89. The molecule has 1 aromatic heterocycles. The number of hydrogen-bond acceptors (Lipinski definition) is 2. The third-order valence-electron chi connectivity index (χ3n) is 3.80. The van der Waals surface area contributed by atoms with E-state index in [2.05, 4.69) is 72.2 Å². The summed E-state index contributed by atoms with van der Waals surface area (Å²) in [5.41, 5.74) is 1.38. The monoisotopic (exact) mass is 295 g/mol. The smallest absolute Gasteiger partial charge is 0.0368 e. The van der Waals surface area contributed by atoms with Crippen molar-refractivity contribution in [2.24, 2.45) is 0 Å². The molecule has 1 heterocycles. The van der Waals surface area contributed by atoms with Crippen LogP contribution < -0.4 is 5.32 Å². The predicted molar refractivity (Wildman–Crippen MR) is 93.0 cm³/mol. The fourth-order valence-electron chi connectivity index (χ4n) is 2.68. The quantitative estimate of drug-likeness (QED) is 0.660. The molecule has 0 saturated carbocycles. The third-order valence-corrected chi connectivity index (χ3v) is 4.70. The molecule has 0 aliphatic heterocycles. The summed E-state index contributed by atoms with van der Waals surface area (Å²) in [7, 11) is 0. The largest absolute Gasteiger partial charge is 0.310 e. The molecule has 1 atom stereocenters. The van der Waals surface area contributed by atoms with Crippen molar-refractivity contribution in [3.05, 3.63) is 70.4 Å². The summed E-state index contributed by atoms with van der Waals surface area (Å²) in [5.74, 6) is 0. The Labute approximate surface area is 130 Å². The number of nitrogens with one attached hydrogen (secondary N) is 1. The van der Waals surface area contributed by atoms with Gasteiger partial charge in [-0.25, -0.2) is 0 Å². The van der Waals surface area contributed by atoms with Crippen molar-refractivity contribution in [1.82, 2.24) is 5.32 Å². The van der Waals surface area contributed by atoms with E-state index in [1.165, 1.54) is 21.2 Å². The summed E-state index contributed by atoms with van der Waals surface area (Å²) >= 11 is 1.84. The molecule has 1 N–H and O–H groups in total. The molecular formula is C19H21NS. The highest BCUT2D eigenvalue weighted by Crippen LogP contribution is 2.24. The summed E-state index contributed by atoms with van der Waals surface area (Å²) in [6.45, 7) is 3.28. The van der Waals surface area contributed by atoms with E-state index in [1.807, 2.05) is 11.3 Å². The number of hydrogen-bond donors (Lipinski definition) is 1. The van der Waals surface area contributed by atoms with Gasteiger partial charge in [-0.15, -0.1) is 11.3 Å². The van der Waals surface area contributed by atoms with Gasteiger partial charge in [0.2, 0.25) is 0 Å². The molecule has 0 aliphatic rings. The standard InChI is InChI=1S/C19H21NS/c1-2-11-20-19(14-18-8-5-12-21-18)17-10-9-15-6-3-4-7-16(15)13-17/h3-10,12-13,19-20H,2,11,14H2,1H3. The minimum absolute atomic E-state index is 0.396. The van der Waals surface area contributed by atoms with Crippen molar-refractivity contribution in [2.75, 3.05) is 6.54 Å². The van der Waals surface area contributed by atoms with Crippen LogP contribution in [0, 0.1) is 0 Å². The lowest BCUT2D eigenvalue weighted by Gasteiger charge is -2.19. The number of benzene rings is 2. The first kappa shape index (κ1) is 14.3. The molecular weight excluding hydrogens is 274 g/mol. The Morgan fingerprint density at radius 2 is 1.86 bits per heavy atom. The maximum Gasteiger partial charge on any atom is 0.0368 e. The Hall–Kier alpha value is -1.64. The molecule has 0 saturated heterocycles. The summed E-state index contributed by atoms with van der Waals surface area (Å²) < 4.78 is 0. The van der Waals surface area contributed by atoms with E-state index in [1.54, 1.807) is 0 Å². The van der Waals surface area contributed by atoms with Gasteiger partial charge in [-0.1, -0.05) is 49.4 Å². The highest BCUT2D eigenvalue weighted by Gasteiger charge is 2.12. The molecule has 2 heteroatoms. The lowest BCUT2D eigenvalue weighted by Crippen LogP contribution is -2.23. The van der Waals surface area contributed by atoms with Crippen LogP contribution in [0.2, 0.25) is 0 Å². The maximum absolute atomic E-state index is 3.70. The normalized spacial score (nSPS) is 12.6. The number of rotatable bonds is 6. The van der Waals surface area contributed by atoms with Crippen LogP contribution in [0.1, 0.15) is 29.8 Å². The second-order valence-electron chi connectivity index (χ2n) is 5.40. The Morgan fingerprint density at radius 1 is 1.00 bits per heavy atom. The molecule has 1 nitrogen and oxygen atoms in total. The van der Waals surface area contributed by atoms with Crippen LogP contribution in [0.5, 0.6) is 0 Å². The van der Waals surface area contributed by atoms with Gasteiger partial charge in [-0.05, 0) is 46.8 Å². The van der Waals surface area contributed by atoms with Crippen LogP contribution in [-0.4, -0.2) is 6.54 Å². The zero-order chi connectivity index (χ0) is 14.5. The van der Waals surface area contributed by atoms with Gasteiger partial charge in [0, 0.05) is 17.3 Å². The number of fused-ring (bicyclic) bond motifs is 1. The first-order chi connectivity index (χ1) is 10.4. The summed E-state index contributed by atoms with van der Waals surface area (Å²) in [6.07, 6.45) is 2.23. The molecule has 0 spiro atoms. The maximum atomic E-state index is 3.70. The van der Waals surface area contributed by atoms with Gasteiger partial charge in [0.05, 0.1) is 0 Å². The van der Waals surface area contributed by atoms with E-state index in [0.717, 1.165) is 19.4 Å². The van der Waals surface area contributed by atoms with Crippen molar-refractivity contribution in [1.29, 1.82) is 0 Å². The predicted octanol–water partition coefficient (Wildman–Crippen LogP) is 5.18. The van der Waals surface area contributed by atoms with Crippen molar-refractivity contribution in [3.63, 3.8) is 0 Å². The van der Waals surface area contributed by atoms with Gasteiger partial charge in [-0.2, -0.15) is 0 Å². The molecule has 21 heavy (non-hydrogen) atoms. The fourth-order valence-corrected chi connectivity index (χ4v) is 3.43. The number of thiophene rings is 1. The summed E-state index contributed by atoms with van der Waals surface area (Å²) in [4.78, 5) is 1.44. The Kier molecular flexibility index (Phi) is 4.69. The van der Waals surface area contributed by atoms with Gasteiger partial charge in [0.15, 0.2) is 0 Å². The van der Waals surface area contributed by atoms with Crippen molar-refractivity contribution >= 4 is 22.1 Å². The molecule has 1 unspecified atom stereocenters. The molecule has 0 aliphatic carbocycles. The summed E-state index contributed by atoms with van der Waals surface area (Å²) in [6, 6.07) is 20.2. The molecule has 2 aromatic carbocycles. The molecule has 3 rings (SSSR count). The topological polar surface area (TPSA) is 12.0 Å².